The summed E-state index contributed by atoms with van der Waals surface area (Å²) in [4.78, 5) is 16.5. The number of nitrogens with zero attached hydrogens (tertiary/aromatic N) is 1. The molecule has 2 aromatic rings. The zero-order valence-corrected chi connectivity index (χ0v) is 10.7. The molecule has 0 aliphatic carbocycles. The number of ketones is 1. The van der Waals surface area contributed by atoms with Crippen LogP contribution in [0.3, 0.4) is 0 Å². The second-order valence-corrected chi connectivity index (χ2v) is 5.36. The van der Waals surface area contributed by atoms with Crippen LogP contribution in [0.4, 0.5) is 0 Å². The van der Waals surface area contributed by atoms with Crippen LogP contribution >= 0.6 is 11.8 Å². The molecule has 2 heterocycles. The van der Waals surface area contributed by atoms with Crippen LogP contribution in [-0.4, -0.2) is 35.0 Å². The molecule has 1 aromatic carbocycles. The molecule has 1 fully saturated rings. The Balaban J connectivity index is 1.91. The van der Waals surface area contributed by atoms with Gasteiger partial charge in [-0.1, -0.05) is 18.2 Å². The zero-order valence-electron chi connectivity index (χ0n) is 9.83. The largest absolute Gasteiger partial charge is 0.368 e. The van der Waals surface area contributed by atoms with Crippen molar-refractivity contribution >= 4 is 28.4 Å². The number of Topliss-reactive ketones (excluding diaryl/α,β-unsaturated/α-hetero) is 1. The van der Waals surface area contributed by atoms with Gasteiger partial charge in [0.1, 0.15) is 6.10 Å². The van der Waals surface area contributed by atoms with E-state index in [0.29, 0.717) is 12.2 Å². The number of thioether (sulfide) groups is 1. The minimum absolute atomic E-state index is 0.0646. The zero-order chi connectivity index (χ0) is 12.4. The molecule has 1 atom stereocenters. The van der Waals surface area contributed by atoms with Gasteiger partial charge in [-0.05, 0) is 12.1 Å². The minimum atomic E-state index is -0.301. The van der Waals surface area contributed by atoms with Crippen molar-refractivity contribution in [3.63, 3.8) is 0 Å². The van der Waals surface area contributed by atoms with Gasteiger partial charge in [0, 0.05) is 28.7 Å². The molecule has 0 amide bonds. The normalized spacial score (nSPS) is 19.9. The first-order valence-corrected chi connectivity index (χ1v) is 7.08. The van der Waals surface area contributed by atoms with Gasteiger partial charge in [0.2, 0.25) is 0 Å². The molecular weight excluding hydrogens is 246 g/mol. The Morgan fingerprint density at radius 2 is 2.33 bits per heavy atom. The standard InChI is InChI=1S/C14H13NO2S/c16-14(13-9-18-7-6-17-13)11-4-3-10-2-1-5-15-12(10)8-11/h1-5,8,13H,6-7,9H2. The molecule has 1 aromatic heterocycles. The number of fused-ring (bicyclic) bond motifs is 1. The minimum Gasteiger partial charge on any atom is -0.368 e. The molecule has 0 radical (unpaired) electrons. The Kier molecular flexibility index (Phi) is 3.30. The van der Waals surface area contributed by atoms with E-state index >= 15 is 0 Å². The summed E-state index contributed by atoms with van der Waals surface area (Å²) in [5, 5.41) is 1.05. The lowest BCUT2D eigenvalue weighted by Gasteiger charge is -2.21. The fourth-order valence-electron chi connectivity index (χ4n) is 2.04. The number of rotatable bonds is 2. The first-order chi connectivity index (χ1) is 8.84. The van der Waals surface area contributed by atoms with Gasteiger partial charge in [0.25, 0.3) is 0 Å². The third-order valence-electron chi connectivity index (χ3n) is 3.00. The van der Waals surface area contributed by atoms with Crippen molar-refractivity contribution in [1.82, 2.24) is 4.98 Å². The van der Waals surface area contributed by atoms with Crippen molar-refractivity contribution in [3.8, 4) is 0 Å². The summed E-state index contributed by atoms with van der Waals surface area (Å²) in [5.41, 5.74) is 1.54. The maximum absolute atomic E-state index is 12.3. The summed E-state index contributed by atoms with van der Waals surface area (Å²) in [6.07, 6.45) is 1.44. The molecule has 1 aliphatic rings. The molecule has 3 nitrogen and oxygen atoms in total. The van der Waals surface area contributed by atoms with E-state index in [-0.39, 0.29) is 11.9 Å². The smallest absolute Gasteiger partial charge is 0.192 e. The molecule has 92 valence electrons. The number of aromatic nitrogens is 1. The van der Waals surface area contributed by atoms with Crippen LogP contribution in [0.2, 0.25) is 0 Å². The van der Waals surface area contributed by atoms with Gasteiger partial charge in [0.15, 0.2) is 5.78 Å². The fourth-order valence-corrected chi connectivity index (χ4v) is 2.89. The van der Waals surface area contributed by atoms with Crippen molar-refractivity contribution < 1.29 is 9.53 Å². The Bertz CT molecular complexity index is 579. The third-order valence-corrected chi connectivity index (χ3v) is 3.99. The molecule has 0 spiro atoms. The predicted molar refractivity (Wildman–Crippen MR) is 73.1 cm³/mol. The predicted octanol–water partition coefficient (Wildman–Crippen LogP) is 2.55. The topological polar surface area (TPSA) is 39.2 Å². The summed E-state index contributed by atoms with van der Waals surface area (Å²) in [6.45, 7) is 0.660. The van der Waals surface area contributed by atoms with Crippen LogP contribution in [-0.2, 0) is 4.74 Å². The Hall–Kier alpha value is -1.39. The number of ether oxygens (including phenoxy) is 1. The van der Waals surface area contributed by atoms with Gasteiger partial charge in [-0.25, -0.2) is 0 Å². The van der Waals surface area contributed by atoms with E-state index in [4.69, 9.17) is 4.74 Å². The first-order valence-electron chi connectivity index (χ1n) is 5.93. The van der Waals surface area contributed by atoms with Crippen molar-refractivity contribution in [2.75, 3.05) is 18.1 Å². The van der Waals surface area contributed by atoms with Crippen molar-refractivity contribution in [2.45, 2.75) is 6.10 Å². The number of carbonyl (C=O) groups is 1. The van der Waals surface area contributed by atoms with Crippen molar-refractivity contribution in [1.29, 1.82) is 0 Å². The van der Waals surface area contributed by atoms with Gasteiger partial charge in [-0.2, -0.15) is 11.8 Å². The average molecular weight is 259 g/mol. The van der Waals surface area contributed by atoms with Crippen LogP contribution in [0, 0.1) is 0 Å². The molecule has 0 saturated carbocycles. The molecule has 18 heavy (non-hydrogen) atoms. The molecule has 1 unspecified atom stereocenters. The molecule has 4 heteroatoms. The highest BCUT2D eigenvalue weighted by molar-refractivity contribution is 7.99. The summed E-state index contributed by atoms with van der Waals surface area (Å²) in [6, 6.07) is 9.52. The quantitative estimate of drug-likeness (QED) is 0.777. The molecule has 1 saturated heterocycles. The average Bonchev–Trinajstić information content (AvgIpc) is 2.47. The van der Waals surface area contributed by atoms with Gasteiger partial charge in [0.05, 0.1) is 12.1 Å². The molecule has 0 bridgehead atoms. The third kappa shape index (κ3) is 2.26. The van der Waals surface area contributed by atoms with E-state index in [2.05, 4.69) is 4.98 Å². The lowest BCUT2D eigenvalue weighted by Crippen LogP contribution is -2.31. The van der Waals surface area contributed by atoms with E-state index in [1.807, 2.05) is 30.3 Å². The van der Waals surface area contributed by atoms with Crippen LogP contribution in [0.15, 0.2) is 36.5 Å². The van der Waals surface area contributed by atoms with E-state index in [1.165, 1.54) is 0 Å². The second kappa shape index (κ2) is 5.08. The Morgan fingerprint density at radius 1 is 1.39 bits per heavy atom. The molecule has 0 N–H and O–H groups in total. The van der Waals surface area contributed by atoms with E-state index < -0.39 is 0 Å². The fraction of sp³-hybridized carbons (Fsp3) is 0.286. The monoisotopic (exact) mass is 259 g/mol. The number of carbonyl (C=O) groups excluding carboxylic acids is 1. The highest BCUT2D eigenvalue weighted by Crippen LogP contribution is 2.19. The lowest BCUT2D eigenvalue weighted by molar-refractivity contribution is 0.0519. The molecular formula is C14H13NO2S. The van der Waals surface area contributed by atoms with Crippen molar-refractivity contribution in [2.24, 2.45) is 0 Å². The SMILES string of the molecule is O=C(c1ccc2cccnc2c1)C1CSCCO1. The van der Waals surface area contributed by atoms with E-state index in [0.717, 1.165) is 22.4 Å². The van der Waals surface area contributed by atoms with Gasteiger partial charge in [-0.3, -0.25) is 9.78 Å². The molecule has 1 aliphatic heterocycles. The van der Waals surface area contributed by atoms with Gasteiger partial charge >= 0.3 is 0 Å². The Labute approximate surface area is 110 Å². The first kappa shape index (κ1) is 11.7. The highest BCUT2D eigenvalue weighted by atomic mass is 32.2. The Morgan fingerprint density at radius 3 is 3.17 bits per heavy atom. The maximum Gasteiger partial charge on any atom is 0.192 e. The number of pyridine rings is 1. The summed E-state index contributed by atoms with van der Waals surface area (Å²) < 4.78 is 5.52. The number of benzene rings is 1. The lowest BCUT2D eigenvalue weighted by atomic mass is 10.0. The number of hydrogen-bond acceptors (Lipinski definition) is 4. The van der Waals surface area contributed by atoms with Crippen LogP contribution in [0.1, 0.15) is 10.4 Å². The van der Waals surface area contributed by atoms with Gasteiger partial charge in [-0.15, -0.1) is 0 Å². The maximum atomic E-state index is 12.3. The highest BCUT2D eigenvalue weighted by Gasteiger charge is 2.23. The van der Waals surface area contributed by atoms with Crippen LogP contribution in [0.5, 0.6) is 0 Å². The molecule has 3 rings (SSSR count). The van der Waals surface area contributed by atoms with E-state index in [9.17, 15) is 4.79 Å². The van der Waals surface area contributed by atoms with Crippen molar-refractivity contribution in [3.05, 3.63) is 42.1 Å². The van der Waals surface area contributed by atoms with Crippen LogP contribution in [0.25, 0.3) is 10.9 Å². The summed E-state index contributed by atoms with van der Waals surface area (Å²) in [7, 11) is 0. The second-order valence-electron chi connectivity index (χ2n) is 4.21. The summed E-state index contributed by atoms with van der Waals surface area (Å²) >= 11 is 1.77. The number of hydrogen-bond donors (Lipinski definition) is 0. The van der Waals surface area contributed by atoms with E-state index in [1.54, 1.807) is 18.0 Å². The summed E-state index contributed by atoms with van der Waals surface area (Å²) in [5.74, 6) is 1.79. The van der Waals surface area contributed by atoms with Gasteiger partial charge < -0.3 is 4.74 Å². The van der Waals surface area contributed by atoms with Crippen LogP contribution < -0.4 is 0 Å².